The normalized spacial score (nSPS) is 28.9. The highest BCUT2D eigenvalue weighted by Crippen LogP contribution is 2.31. The molecule has 1 aliphatic rings. The van der Waals surface area contributed by atoms with E-state index in [-0.39, 0.29) is 12.0 Å². The lowest BCUT2D eigenvalue weighted by atomic mass is 9.97. The number of aliphatic hydroxyl groups excluding tert-OH is 1. The number of ether oxygens (including phenoxy) is 3. The van der Waals surface area contributed by atoms with Gasteiger partial charge in [0.15, 0.2) is 6.29 Å². The molecule has 1 aromatic rings. The molecule has 0 saturated carbocycles. The zero-order valence-corrected chi connectivity index (χ0v) is 11.7. The second kappa shape index (κ2) is 6.37. The van der Waals surface area contributed by atoms with Crippen LogP contribution in [0.25, 0.3) is 0 Å². The van der Waals surface area contributed by atoms with Gasteiger partial charge in [-0.1, -0.05) is 26.0 Å². The fourth-order valence-corrected chi connectivity index (χ4v) is 2.29. The van der Waals surface area contributed by atoms with Crippen molar-refractivity contribution in [3.8, 4) is 5.75 Å². The third kappa shape index (κ3) is 3.26. The van der Waals surface area contributed by atoms with E-state index < -0.39 is 12.4 Å². The predicted octanol–water partition coefficient (Wildman–Crippen LogP) is 2.52. The van der Waals surface area contributed by atoms with Crippen molar-refractivity contribution in [3.05, 3.63) is 29.8 Å². The van der Waals surface area contributed by atoms with Crippen LogP contribution in [0, 0.1) is 5.92 Å². The lowest BCUT2D eigenvalue weighted by Gasteiger charge is -2.37. The number of aliphatic hydroxyl groups is 1. The number of hydrogen-bond acceptors (Lipinski definition) is 4. The van der Waals surface area contributed by atoms with E-state index in [1.807, 2.05) is 38.1 Å². The highest BCUT2D eigenvalue weighted by molar-refractivity contribution is 5.28. The molecule has 0 unspecified atom stereocenters. The molecule has 0 amide bonds. The first kappa shape index (κ1) is 14.3. The molecule has 4 heteroatoms. The van der Waals surface area contributed by atoms with Gasteiger partial charge < -0.3 is 19.3 Å². The van der Waals surface area contributed by atoms with Crippen molar-refractivity contribution < 1.29 is 19.3 Å². The molecule has 1 heterocycles. The topological polar surface area (TPSA) is 47.9 Å². The zero-order valence-electron chi connectivity index (χ0n) is 11.7. The summed E-state index contributed by atoms with van der Waals surface area (Å²) in [5.74, 6) is 1.00. The van der Waals surface area contributed by atoms with Gasteiger partial charge in [-0.05, 0) is 18.6 Å². The maximum atomic E-state index is 10.00. The van der Waals surface area contributed by atoms with E-state index in [0.717, 1.165) is 11.3 Å². The van der Waals surface area contributed by atoms with Crippen LogP contribution in [-0.2, 0) is 9.47 Å². The van der Waals surface area contributed by atoms with Crippen LogP contribution in [-0.4, -0.2) is 31.0 Å². The molecule has 0 radical (unpaired) electrons. The molecule has 1 N–H and O–H groups in total. The van der Waals surface area contributed by atoms with E-state index >= 15 is 0 Å². The van der Waals surface area contributed by atoms with Crippen LogP contribution in [0.5, 0.6) is 5.75 Å². The van der Waals surface area contributed by atoms with E-state index in [2.05, 4.69) is 0 Å². The van der Waals surface area contributed by atoms with Gasteiger partial charge in [-0.25, -0.2) is 0 Å². The van der Waals surface area contributed by atoms with Crippen molar-refractivity contribution in [2.24, 2.45) is 5.92 Å². The van der Waals surface area contributed by atoms with Crippen LogP contribution < -0.4 is 4.74 Å². The first-order chi connectivity index (χ1) is 9.15. The van der Waals surface area contributed by atoms with Gasteiger partial charge in [0.2, 0.25) is 0 Å². The monoisotopic (exact) mass is 266 g/mol. The van der Waals surface area contributed by atoms with Gasteiger partial charge in [-0.2, -0.15) is 0 Å². The molecule has 0 aromatic heterocycles. The second-order valence-electron chi connectivity index (χ2n) is 4.99. The van der Waals surface area contributed by atoms with Gasteiger partial charge in [0.25, 0.3) is 0 Å². The summed E-state index contributed by atoms with van der Waals surface area (Å²) in [6, 6.07) is 7.61. The highest BCUT2D eigenvalue weighted by atomic mass is 16.7. The van der Waals surface area contributed by atoms with Crippen LogP contribution in [0.4, 0.5) is 0 Å². The highest BCUT2D eigenvalue weighted by Gasteiger charge is 2.33. The minimum absolute atomic E-state index is 0.175. The minimum atomic E-state index is -0.445. The first-order valence-corrected chi connectivity index (χ1v) is 6.74. The summed E-state index contributed by atoms with van der Waals surface area (Å²) >= 11 is 0. The Morgan fingerprint density at radius 2 is 2.05 bits per heavy atom. The van der Waals surface area contributed by atoms with E-state index in [1.54, 1.807) is 7.11 Å². The second-order valence-corrected chi connectivity index (χ2v) is 4.99. The minimum Gasteiger partial charge on any atom is -0.497 e. The van der Waals surface area contributed by atoms with Gasteiger partial charge in [-0.15, -0.1) is 0 Å². The molecule has 106 valence electrons. The molecule has 1 aliphatic heterocycles. The standard InChI is InChI=1S/C15H22O4/c1-4-13(16)14-10(2)9-18-15(19-14)11-5-7-12(17-3)8-6-11/h5-8,10,13-16H,4,9H2,1-3H3/t10-,13+,14+,15+/m1/s1. The fraction of sp³-hybridized carbons (Fsp3) is 0.600. The lowest BCUT2D eigenvalue weighted by Crippen LogP contribution is -2.42. The Labute approximate surface area is 114 Å². The van der Waals surface area contributed by atoms with Gasteiger partial charge in [0.05, 0.1) is 25.9 Å². The van der Waals surface area contributed by atoms with Crippen LogP contribution in [0.3, 0.4) is 0 Å². The maximum absolute atomic E-state index is 10.00. The molecule has 1 saturated heterocycles. The van der Waals surface area contributed by atoms with E-state index in [9.17, 15) is 5.11 Å². The number of hydrogen-bond donors (Lipinski definition) is 1. The van der Waals surface area contributed by atoms with E-state index in [1.165, 1.54) is 0 Å². The molecular weight excluding hydrogens is 244 g/mol. The van der Waals surface area contributed by atoms with Crippen molar-refractivity contribution in [1.29, 1.82) is 0 Å². The quantitative estimate of drug-likeness (QED) is 0.909. The third-order valence-electron chi connectivity index (χ3n) is 3.54. The zero-order chi connectivity index (χ0) is 13.8. The Morgan fingerprint density at radius 3 is 2.63 bits per heavy atom. The Balaban J connectivity index is 2.08. The fourth-order valence-electron chi connectivity index (χ4n) is 2.29. The smallest absolute Gasteiger partial charge is 0.184 e. The summed E-state index contributed by atoms with van der Waals surface area (Å²) in [6.45, 7) is 4.59. The summed E-state index contributed by atoms with van der Waals surface area (Å²) in [5.41, 5.74) is 0.945. The largest absolute Gasteiger partial charge is 0.497 e. The molecule has 0 spiro atoms. The van der Waals surface area contributed by atoms with Crippen LogP contribution >= 0.6 is 0 Å². The molecule has 19 heavy (non-hydrogen) atoms. The van der Waals surface area contributed by atoms with Gasteiger partial charge >= 0.3 is 0 Å². The summed E-state index contributed by atoms with van der Waals surface area (Å²) < 4.78 is 16.7. The Kier molecular flexibility index (Phi) is 4.80. The number of methoxy groups -OCH3 is 1. The van der Waals surface area contributed by atoms with E-state index in [4.69, 9.17) is 14.2 Å². The Hall–Kier alpha value is -1.10. The molecule has 4 nitrogen and oxygen atoms in total. The van der Waals surface area contributed by atoms with Crippen molar-refractivity contribution in [1.82, 2.24) is 0 Å². The molecule has 0 bridgehead atoms. The average Bonchev–Trinajstić information content (AvgIpc) is 2.47. The van der Waals surface area contributed by atoms with E-state index in [0.29, 0.717) is 13.0 Å². The van der Waals surface area contributed by atoms with Gasteiger partial charge in [0, 0.05) is 11.5 Å². The van der Waals surface area contributed by atoms with Gasteiger partial charge in [-0.3, -0.25) is 0 Å². The number of rotatable bonds is 4. The van der Waals surface area contributed by atoms with Crippen LogP contribution in [0.15, 0.2) is 24.3 Å². The maximum Gasteiger partial charge on any atom is 0.184 e. The molecular formula is C15H22O4. The van der Waals surface area contributed by atoms with Gasteiger partial charge in [0.1, 0.15) is 5.75 Å². The Morgan fingerprint density at radius 1 is 1.37 bits per heavy atom. The third-order valence-corrected chi connectivity index (χ3v) is 3.54. The summed E-state index contributed by atoms with van der Waals surface area (Å²) in [5, 5.41) is 10.00. The molecule has 1 fully saturated rings. The van der Waals surface area contributed by atoms with Crippen LogP contribution in [0.1, 0.15) is 32.1 Å². The lowest BCUT2D eigenvalue weighted by molar-refractivity contribution is -0.258. The Bertz CT molecular complexity index is 386. The van der Waals surface area contributed by atoms with Crippen molar-refractivity contribution in [3.63, 3.8) is 0 Å². The summed E-state index contributed by atoms with van der Waals surface area (Å²) in [6.07, 6.45) is -0.344. The molecule has 2 rings (SSSR count). The SMILES string of the molecule is CC[C@H](O)[C@H]1O[C@@H](c2ccc(OC)cc2)OC[C@H]1C. The summed E-state index contributed by atoms with van der Waals surface area (Å²) in [4.78, 5) is 0. The number of benzene rings is 1. The molecule has 0 aliphatic carbocycles. The van der Waals surface area contributed by atoms with Crippen molar-refractivity contribution in [2.75, 3.05) is 13.7 Å². The average molecular weight is 266 g/mol. The van der Waals surface area contributed by atoms with Crippen molar-refractivity contribution in [2.45, 2.75) is 38.8 Å². The summed E-state index contributed by atoms with van der Waals surface area (Å²) in [7, 11) is 1.64. The molecule has 4 atom stereocenters. The predicted molar refractivity (Wildman–Crippen MR) is 72.0 cm³/mol. The first-order valence-electron chi connectivity index (χ1n) is 6.74. The van der Waals surface area contributed by atoms with Crippen molar-refractivity contribution >= 4 is 0 Å². The molecule has 1 aromatic carbocycles. The van der Waals surface area contributed by atoms with Crippen LogP contribution in [0.2, 0.25) is 0 Å².